The van der Waals surface area contributed by atoms with E-state index in [0.717, 1.165) is 27.7 Å². The van der Waals surface area contributed by atoms with Crippen LogP contribution in [0.15, 0.2) is 64.0 Å². The van der Waals surface area contributed by atoms with Gasteiger partial charge in [-0.2, -0.15) is 4.98 Å². The van der Waals surface area contributed by atoms with E-state index in [-0.39, 0.29) is 17.7 Å². The Morgan fingerprint density at radius 3 is 2.97 bits per heavy atom. The molecule has 4 heterocycles. The van der Waals surface area contributed by atoms with E-state index in [1.807, 2.05) is 49.1 Å². The van der Waals surface area contributed by atoms with E-state index in [4.69, 9.17) is 13.7 Å². The number of amides is 1. The topological polar surface area (TPSA) is 107 Å². The van der Waals surface area contributed by atoms with Gasteiger partial charge in [-0.3, -0.25) is 4.79 Å². The maximum Gasteiger partial charge on any atom is 0.292 e. The molecule has 35 heavy (non-hydrogen) atoms. The zero-order chi connectivity index (χ0) is 24.2. The Hall–Kier alpha value is -3.76. The molecule has 1 unspecified atom stereocenters. The number of ether oxygens (including phenoxy) is 1. The Balaban J connectivity index is 1.21. The van der Waals surface area contributed by atoms with Crippen LogP contribution in [0.2, 0.25) is 0 Å². The van der Waals surface area contributed by atoms with Gasteiger partial charge in [-0.25, -0.2) is 4.98 Å². The third kappa shape index (κ3) is 5.03. The molecule has 4 aromatic heterocycles. The summed E-state index contributed by atoms with van der Waals surface area (Å²) in [6.45, 7) is 5.94. The lowest BCUT2D eigenvalue weighted by Gasteiger charge is -2.28. The summed E-state index contributed by atoms with van der Waals surface area (Å²) in [5.74, 6) is 0.760. The molecule has 10 heteroatoms. The van der Waals surface area contributed by atoms with Gasteiger partial charge in [-0.1, -0.05) is 23.4 Å². The lowest BCUT2D eigenvalue weighted by atomic mass is 10.1. The number of nitrogens with one attached hydrogen (secondary N) is 1. The first-order valence-corrected chi connectivity index (χ1v) is 12.3. The van der Waals surface area contributed by atoms with Gasteiger partial charge in [0, 0.05) is 55.0 Å². The van der Waals surface area contributed by atoms with Crippen LogP contribution in [0, 0.1) is 0 Å². The monoisotopic (exact) mass is 491 g/mol. The minimum absolute atomic E-state index is 0.0194. The van der Waals surface area contributed by atoms with E-state index in [2.05, 4.69) is 20.4 Å². The first kappa shape index (κ1) is 23.0. The zero-order valence-corrected chi connectivity index (χ0v) is 20.2. The van der Waals surface area contributed by atoms with Gasteiger partial charge in [0.25, 0.3) is 11.1 Å². The minimum Gasteiger partial charge on any atom is -0.464 e. The Bertz CT molecular complexity index is 1400. The van der Waals surface area contributed by atoms with E-state index < -0.39 is 0 Å². The van der Waals surface area contributed by atoms with Crippen LogP contribution in [0.1, 0.15) is 36.4 Å². The first-order chi connectivity index (χ1) is 17.1. The van der Waals surface area contributed by atoms with Gasteiger partial charge in [0.2, 0.25) is 5.76 Å². The Morgan fingerprint density at radius 1 is 1.26 bits per heavy atom. The lowest BCUT2D eigenvalue weighted by molar-refractivity contribution is 0.0648. The van der Waals surface area contributed by atoms with Crippen LogP contribution >= 0.6 is 11.3 Å². The number of aromatic nitrogens is 3. The zero-order valence-electron chi connectivity index (χ0n) is 19.4. The van der Waals surface area contributed by atoms with Gasteiger partial charge in [-0.15, -0.1) is 0 Å². The van der Waals surface area contributed by atoms with Crippen LogP contribution < -0.4 is 10.1 Å². The molecule has 0 saturated heterocycles. The molecule has 0 bridgehead atoms. The van der Waals surface area contributed by atoms with E-state index in [1.165, 1.54) is 17.5 Å². The molecule has 0 aliphatic carbocycles. The van der Waals surface area contributed by atoms with Gasteiger partial charge in [0.1, 0.15) is 11.3 Å². The molecule has 0 spiro atoms. The van der Waals surface area contributed by atoms with Crippen molar-refractivity contribution in [3.63, 3.8) is 0 Å². The highest BCUT2D eigenvalue weighted by atomic mass is 32.1. The number of benzene rings is 1. The number of carbonyl (C=O) groups excluding carboxylic acids is 1. The second kappa shape index (κ2) is 10.2. The largest absolute Gasteiger partial charge is 0.464 e. The maximum atomic E-state index is 12.7. The number of nitrogens with zero attached hydrogens (tertiary/aromatic N) is 4. The van der Waals surface area contributed by atoms with Gasteiger partial charge in [0.05, 0.1) is 17.2 Å². The summed E-state index contributed by atoms with van der Waals surface area (Å²) in [7, 11) is 0. The molecule has 9 nitrogen and oxygen atoms in total. The summed E-state index contributed by atoms with van der Waals surface area (Å²) in [5, 5.41) is 8.63. The highest BCUT2D eigenvalue weighted by Gasteiger charge is 2.23. The van der Waals surface area contributed by atoms with Crippen LogP contribution in [0.25, 0.3) is 21.3 Å². The van der Waals surface area contributed by atoms with Crippen molar-refractivity contribution in [1.29, 1.82) is 0 Å². The lowest BCUT2D eigenvalue weighted by Crippen LogP contribution is -2.44. The van der Waals surface area contributed by atoms with E-state index >= 15 is 0 Å². The third-order valence-electron chi connectivity index (χ3n) is 5.64. The Morgan fingerprint density at radius 2 is 2.17 bits per heavy atom. The van der Waals surface area contributed by atoms with Crippen LogP contribution in [-0.2, 0) is 6.54 Å². The molecular formula is C25H25N5O4S. The molecule has 5 rings (SSSR count). The second-order valence-corrected chi connectivity index (χ2v) is 9.17. The normalized spacial score (nSPS) is 12.3. The van der Waals surface area contributed by atoms with Crippen LogP contribution in [0.4, 0.5) is 0 Å². The van der Waals surface area contributed by atoms with Crippen molar-refractivity contribution >= 4 is 38.6 Å². The molecule has 0 radical (unpaired) electrons. The quantitative estimate of drug-likeness (QED) is 0.282. The Labute approximate surface area is 205 Å². The molecule has 0 aliphatic heterocycles. The third-order valence-corrected chi connectivity index (χ3v) is 6.53. The van der Waals surface area contributed by atoms with Gasteiger partial charge in [0.15, 0.2) is 5.65 Å². The molecule has 5 aromatic rings. The smallest absolute Gasteiger partial charge is 0.292 e. The molecule has 0 aliphatic rings. The van der Waals surface area contributed by atoms with Crippen LogP contribution in [0.5, 0.6) is 10.9 Å². The number of hydrogen-bond acceptors (Lipinski definition) is 9. The number of pyridine rings is 1. The fourth-order valence-corrected chi connectivity index (χ4v) is 4.71. The fraction of sp³-hybridized carbons (Fsp3) is 0.280. The molecule has 1 N–H and O–H groups in total. The number of thiazole rings is 1. The SMILES string of the molecule is CCCN(C(=O)c1ccno1)C(C)CNCc1coc2cc(Oc3nc4ncccc4s3)ccc12. The molecule has 1 atom stereocenters. The van der Waals surface area contributed by atoms with Gasteiger partial charge < -0.3 is 23.9 Å². The number of carbonyl (C=O) groups is 1. The van der Waals surface area contributed by atoms with E-state index in [0.29, 0.717) is 36.2 Å². The summed E-state index contributed by atoms with van der Waals surface area (Å²) >= 11 is 1.45. The minimum atomic E-state index is -0.149. The van der Waals surface area contributed by atoms with Crippen LogP contribution in [-0.4, -0.2) is 45.1 Å². The van der Waals surface area contributed by atoms with E-state index in [1.54, 1.807) is 18.5 Å². The average molecular weight is 492 g/mol. The summed E-state index contributed by atoms with van der Waals surface area (Å²) in [4.78, 5) is 23.2. The van der Waals surface area contributed by atoms with Crippen molar-refractivity contribution in [3.05, 3.63) is 66.4 Å². The molecule has 0 saturated carbocycles. The summed E-state index contributed by atoms with van der Waals surface area (Å²) in [6, 6.07) is 11.2. The van der Waals surface area contributed by atoms with Crippen LogP contribution in [0.3, 0.4) is 0 Å². The molecule has 1 amide bonds. The van der Waals surface area contributed by atoms with Gasteiger partial charge in [-0.05, 0) is 37.6 Å². The highest BCUT2D eigenvalue weighted by molar-refractivity contribution is 7.20. The van der Waals surface area contributed by atoms with Crippen molar-refractivity contribution in [2.45, 2.75) is 32.9 Å². The molecule has 1 aromatic carbocycles. The van der Waals surface area contributed by atoms with Crippen molar-refractivity contribution in [2.24, 2.45) is 0 Å². The van der Waals surface area contributed by atoms with Gasteiger partial charge >= 0.3 is 0 Å². The summed E-state index contributed by atoms with van der Waals surface area (Å²) in [6.07, 6.45) is 5.80. The first-order valence-electron chi connectivity index (χ1n) is 11.4. The molecule has 180 valence electrons. The number of fused-ring (bicyclic) bond motifs is 2. The summed E-state index contributed by atoms with van der Waals surface area (Å²) < 4.78 is 17.8. The summed E-state index contributed by atoms with van der Waals surface area (Å²) in [5.41, 5.74) is 2.44. The standard InChI is InChI=1S/C25H25N5O4S/c1-3-11-30(24(31)20-8-10-28-34-20)16(2)13-26-14-17-15-32-21-12-18(6-7-19(17)21)33-25-29-23-22(35-25)5-4-9-27-23/h4-10,12,15-16,26H,3,11,13-14H2,1-2H3. The predicted molar refractivity (Wildman–Crippen MR) is 133 cm³/mol. The van der Waals surface area contributed by atoms with Crippen molar-refractivity contribution in [2.75, 3.05) is 13.1 Å². The van der Waals surface area contributed by atoms with Crippen molar-refractivity contribution in [3.8, 4) is 10.9 Å². The Kier molecular flexibility index (Phi) is 6.73. The highest BCUT2D eigenvalue weighted by Crippen LogP contribution is 2.32. The number of hydrogen-bond donors (Lipinski definition) is 1. The van der Waals surface area contributed by atoms with Crippen molar-refractivity contribution < 1.29 is 18.5 Å². The van der Waals surface area contributed by atoms with E-state index in [9.17, 15) is 4.79 Å². The number of rotatable bonds is 10. The molecule has 0 fully saturated rings. The maximum absolute atomic E-state index is 12.7. The second-order valence-electron chi connectivity index (χ2n) is 8.18. The number of furan rings is 1. The average Bonchev–Trinajstić information content (AvgIpc) is 3.61. The fourth-order valence-electron chi connectivity index (χ4n) is 3.91. The molecular weight excluding hydrogens is 466 g/mol. The van der Waals surface area contributed by atoms with Crippen molar-refractivity contribution in [1.82, 2.24) is 25.3 Å². The predicted octanol–water partition coefficient (Wildman–Crippen LogP) is 5.25.